The molecule has 0 bridgehead atoms. The molecule has 0 saturated heterocycles. The van der Waals surface area contributed by atoms with E-state index >= 15 is 0 Å². The standard InChI is InChI=1S/C10H9ClOS/c11-9(10-4-1-5-12-10)7-8-3-2-6-13-8/h1-6,9H,7H2. The summed E-state index contributed by atoms with van der Waals surface area (Å²) in [5.41, 5.74) is 0. The third kappa shape index (κ3) is 2.14. The van der Waals surface area contributed by atoms with E-state index in [1.54, 1.807) is 17.6 Å². The fraction of sp³-hybridized carbons (Fsp3) is 0.200. The second-order valence-electron chi connectivity index (χ2n) is 2.77. The first kappa shape index (κ1) is 8.85. The van der Waals surface area contributed by atoms with Crippen LogP contribution in [0.15, 0.2) is 40.3 Å². The summed E-state index contributed by atoms with van der Waals surface area (Å²) in [5.74, 6) is 0.843. The molecule has 0 saturated carbocycles. The van der Waals surface area contributed by atoms with Gasteiger partial charge in [0.1, 0.15) is 5.76 Å². The summed E-state index contributed by atoms with van der Waals surface area (Å²) in [5, 5.41) is 2.01. The molecule has 0 N–H and O–H groups in total. The van der Waals surface area contributed by atoms with Crippen LogP contribution in [0.3, 0.4) is 0 Å². The van der Waals surface area contributed by atoms with Gasteiger partial charge >= 0.3 is 0 Å². The highest BCUT2D eigenvalue weighted by Crippen LogP contribution is 2.26. The summed E-state index contributed by atoms with van der Waals surface area (Å²) < 4.78 is 5.22. The minimum absolute atomic E-state index is 0.0475. The highest BCUT2D eigenvalue weighted by molar-refractivity contribution is 7.09. The molecular formula is C10H9ClOS. The van der Waals surface area contributed by atoms with Crippen molar-refractivity contribution in [3.63, 3.8) is 0 Å². The van der Waals surface area contributed by atoms with Crippen LogP contribution in [-0.2, 0) is 6.42 Å². The predicted octanol–water partition coefficient (Wildman–Crippen LogP) is 3.86. The molecule has 0 fully saturated rings. The van der Waals surface area contributed by atoms with Gasteiger partial charge in [0.2, 0.25) is 0 Å². The highest BCUT2D eigenvalue weighted by Gasteiger charge is 2.11. The molecule has 0 aliphatic heterocycles. The van der Waals surface area contributed by atoms with Crippen LogP contribution in [0.2, 0.25) is 0 Å². The van der Waals surface area contributed by atoms with Gasteiger partial charge in [0.05, 0.1) is 11.6 Å². The van der Waals surface area contributed by atoms with E-state index in [1.807, 2.05) is 18.2 Å². The topological polar surface area (TPSA) is 13.1 Å². The Kier molecular flexibility index (Phi) is 2.71. The molecule has 68 valence electrons. The molecule has 2 rings (SSSR count). The maximum absolute atomic E-state index is 6.15. The predicted molar refractivity (Wildman–Crippen MR) is 55.3 cm³/mol. The Balaban J connectivity index is 2.04. The van der Waals surface area contributed by atoms with Crippen molar-refractivity contribution in [1.82, 2.24) is 0 Å². The molecule has 1 unspecified atom stereocenters. The van der Waals surface area contributed by atoms with Gasteiger partial charge in [0.25, 0.3) is 0 Å². The molecule has 2 aromatic rings. The Hall–Kier alpha value is -0.730. The fourth-order valence-electron chi connectivity index (χ4n) is 1.18. The van der Waals surface area contributed by atoms with Crippen LogP contribution in [0.5, 0.6) is 0 Å². The first-order valence-corrected chi connectivity index (χ1v) is 5.38. The SMILES string of the molecule is ClC(Cc1cccs1)c1ccco1. The number of alkyl halides is 1. The van der Waals surface area contributed by atoms with Crippen LogP contribution in [0, 0.1) is 0 Å². The van der Waals surface area contributed by atoms with E-state index in [2.05, 4.69) is 11.4 Å². The maximum Gasteiger partial charge on any atom is 0.121 e. The second kappa shape index (κ2) is 3.99. The lowest BCUT2D eigenvalue weighted by molar-refractivity contribution is 0.503. The molecule has 0 spiro atoms. The van der Waals surface area contributed by atoms with Gasteiger partial charge in [-0.2, -0.15) is 0 Å². The van der Waals surface area contributed by atoms with Gasteiger partial charge in [0.15, 0.2) is 0 Å². The summed E-state index contributed by atoms with van der Waals surface area (Å²) in [6.07, 6.45) is 2.49. The van der Waals surface area contributed by atoms with Crippen molar-refractivity contribution >= 4 is 22.9 Å². The lowest BCUT2D eigenvalue weighted by Gasteiger charge is -2.03. The Morgan fingerprint density at radius 2 is 2.31 bits per heavy atom. The average Bonchev–Trinajstić information content (AvgIpc) is 2.74. The number of furan rings is 1. The van der Waals surface area contributed by atoms with E-state index in [1.165, 1.54) is 4.88 Å². The van der Waals surface area contributed by atoms with E-state index in [0.717, 1.165) is 12.2 Å². The summed E-state index contributed by atoms with van der Waals surface area (Å²) in [6.45, 7) is 0. The Morgan fingerprint density at radius 1 is 1.38 bits per heavy atom. The van der Waals surface area contributed by atoms with Crippen molar-refractivity contribution in [2.45, 2.75) is 11.8 Å². The first-order valence-electron chi connectivity index (χ1n) is 4.06. The third-order valence-electron chi connectivity index (χ3n) is 1.81. The molecule has 0 aliphatic carbocycles. The fourth-order valence-corrected chi connectivity index (χ4v) is 2.31. The Labute approximate surface area is 86.0 Å². The molecule has 0 radical (unpaired) electrons. The van der Waals surface area contributed by atoms with Crippen molar-refractivity contribution < 1.29 is 4.42 Å². The van der Waals surface area contributed by atoms with Gasteiger partial charge in [0, 0.05) is 11.3 Å². The number of hydrogen-bond acceptors (Lipinski definition) is 2. The minimum Gasteiger partial charge on any atom is -0.468 e. The monoisotopic (exact) mass is 212 g/mol. The Bertz CT molecular complexity index is 339. The molecule has 1 nitrogen and oxygen atoms in total. The van der Waals surface area contributed by atoms with Gasteiger partial charge in [-0.1, -0.05) is 6.07 Å². The Morgan fingerprint density at radius 3 is 2.92 bits per heavy atom. The smallest absolute Gasteiger partial charge is 0.121 e. The first-order chi connectivity index (χ1) is 6.36. The number of rotatable bonds is 3. The molecule has 13 heavy (non-hydrogen) atoms. The van der Waals surface area contributed by atoms with Crippen molar-refractivity contribution in [2.24, 2.45) is 0 Å². The van der Waals surface area contributed by atoms with Gasteiger partial charge in [-0.3, -0.25) is 0 Å². The molecule has 1 atom stereocenters. The van der Waals surface area contributed by atoms with Crippen LogP contribution in [0.1, 0.15) is 16.0 Å². The van der Waals surface area contributed by atoms with Gasteiger partial charge < -0.3 is 4.42 Å². The zero-order chi connectivity index (χ0) is 9.10. The van der Waals surface area contributed by atoms with Crippen molar-refractivity contribution in [2.75, 3.05) is 0 Å². The zero-order valence-corrected chi connectivity index (χ0v) is 8.52. The average molecular weight is 213 g/mol. The number of halogens is 1. The maximum atomic E-state index is 6.15. The normalized spacial score (nSPS) is 13.0. The van der Waals surface area contributed by atoms with E-state index in [0.29, 0.717) is 0 Å². The lowest BCUT2D eigenvalue weighted by atomic mass is 10.2. The quantitative estimate of drug-likeness (QED) is 0.705. The van der Waals surface area contributed by atoms with Crippen LogP contribution in [0.4, 0.5) is 0 Å². The van der Waals surface area contributed by atoms with Crippen LogP contribution in [0.25, 0.3) is 0 Å². The summed E-state index contributed by atoms with van der Waals surface area (Å²) in [4.78, 5) is 1.29. The van der Waals surface area contributed by atoms with Crippen LogP contribution < -0.4 is 0 Å². The van der Waals surface area contributed by atoms with Crippen LogP contribution >= 0.6 is 22.9 Å². The van der Waals surface area contributed by atoms with Crippen molar-refractivity contribution in [3.05, 3.63) is 46.5 Å². The highest BCUT2D eigenvalue weighted by atomic mass is 35.5. The molecule has 0 aromatic carbocycles. The van der Waals surface area contributed by atoms with Gasteiger partial charge in [-0.05, 0) is 23.6 Å². The van der Waals surface area contributed by atoms with E-state index in [-0.39, 0.29) is 5.38 Å². The number of hydrogen-bond donors (Lipinski definition) is 0. The number of thiophene rings is 1. The third-order valence-corrected chi connectivity index (χ3v) is 3.08. The molecule has 3 heteroatoms. The lowest BCUT2D eigenvalue weighted by Crippen LogP contribution is -1.91. The summed E-state index contributed by atoms with van der Waals surface area (Å²) in [6, 6.07) is 7.89. The molecule has 2 heterocycles. The summed E-state index contributed by atoms with van der Waals surface area (Å²) >= 11 is 7.87. The molecule has 0 aliphatic rings. The van der Waals surface area contributed by atoms with E-state index in [4.69, 9.17) is 16.0 Å². The molecular weight excluding hydrogens is 204 g/mol. The van der Waals surface area contributed by atoms with Gasteiger partial charge in [-0.25, -0.2) is 0 Å². The zero-order valence-electron chi connectivity index (χ0n) is 6.94. The largest absolute Gasteiger partial charge is 0.468 e. The molecule has 2 aromatic heterocycles. The molecule has 0 amide bonds. The van der Waals surface area contributed by atoms with Crippen LogP contribution in [-0.4, -0.2) is 0 Å². The second-order valence-corrected chi connectivity index (χ2v) is 4.33. The van der Waals surface area contributed by atoms with E-state index in [9.17, 15) is 0 Å². The van der Waals surface area contributed by atoms with E-state index < -0.39 is 0 Å². The summed E-state index contributed by atoms with van der Waals surface area (Å²) in [7, 11) is 0. The van der Waals surface area contributed by atoms with Crippen molar-refractivity contribution in [3.8, 4) is 0 Å². The van der Waals surface area contributed by atoms with Crippen molar-refractivity contribution in [1.29, 1.82) is 0 Å². The minimum atomic E-state index is -0.0475. The van der Waals surface area contributed by atoms with Gasteiger partial charge in [-0.15, -0.1) is 22.9 Å².